The lowest BCUT2D eigenvalue weighted by Gasteiger charge is -2.12. The summed E-state index contributed by atoms with van der Waals surface area (Å²) in [5, 5.41) is 18.9. The van der Waals surface area contributed by atoms with E-state index in [0.29, 0.717) is 5.02 Å². The standard InChI is InChI=1S/C12H12ClN3O2/c1-7(8-5-14-15-6-8)16-12(18)10-4-9(17)2-3-11(10)13/h2-7,17H,1H3,(H,14,15)(H,16,18). The zero-order valence-corrected chi connectivity index (χ0v) is 10.4. The van der Waals surface area contributed by atoms with E-state index in [1.54, 1.807) is 12.4 Å². The van der Waals surface area contributed by atoms with E-state index in [4.69, 9.17) is 11.6 Å². The van der Waals surface area contributed by atoms with Gasteiger partial charge in [-0.2, -0.15) is 5.10 Å². The highest BCUT2D eigenvalue weighted by molar-refractivity contribution is 6.33. The number of aromatic hydroxyl groups is 1. The molecule has 0 saturated carbocycles. The lowest BCUT2D eigenvalue weighted by atomic mass is 10.1. The number of halogens is 1. The van der Waals surface area contributed by atoms with Gasteiger partial charge in [-0.1, -0.05) is 11.6 Å². The van der Waals surface area contributed by atoms with Crippen LogP contribution in [0.15, 0.2) is 30.6 Å². The number of nitrogens with zero attached hydrogens (tertiary/aromatic N) is 1. The van der Waals surface area contributed by atoms with Crippen molar-refractivity contribution in [1.29, 1.82) is 0 Å². The van der Waals surface area contributed by atoms with Crippen molar-refractivity contribution < 1.29 is 9.90 Å². The number of hydrogen-bond acceptors (Lipinski definition) is 3. The molecule has 1 amide bonds. The third-order valence-electron chi connectivity index (χ3n) is 2.56. The van der Waals surface area contributed by atoms with Crippen molar-refractivity contribution in [1.82, 2.24) is 15.5 Å². The highest BCUT2D eigenvalue weighted by atomic mass is 35.5. The Balaban J connectivity index is 2.15. The zero-order valence-electron chi connectivity index (χ0n) is 9.64. The smallest absolute Gasteiger partial charge is 0.253 e. The van der Waals surface area contributed by atoms with Gasteiger partial charge in [0.15, 0.2) is 0 Å². The fraction of sp³-hybridized carbons (Fsp3) is 0.167. The molecule has 0 spiro atoms. The van der Waals surface area contributed by atoms with E-state index in [1.165, 1.54) is 18.2 Å². The zero-order chi connectivity index (χ0) is 13.1. The highest BCUT2D eigenvalue weighted by Gasteiger charge is 2.15. The number of aromatic nitrogens is 2. The minimum Gasteiger partial charge on any atom is -0.508 e. The summed E-state index contributed by atoms with van der Waals surface area (Å²) in [6.07, 6.45) is 3.34. The lowest BCUT2D eigenvalue weighted by Crippen LogP contribution is -2.26. The number of hydrogen-bond donors (Lipinski definition) is 3. The van der Waals surface area contributed by atoms with Crippen molar-refractivity contribution in [3.05, 3.63) is 46.7 Å². The summed E-state index contributed by atoms with van der Waals surface area (Å²) in [5.41, 5.74) is 1.10. The van der Waals surface area contributed by atoms with E-state index in [0.717, 1.165) is 5.56 Å². The maximum atomic E-state index is 12.0. The summed E-state index contributed by atoms with van der Waals surface area (Å²) >= 11 is 5.91. The van der Waals surface area contributed by atoms with Gasteiger partial charge in [-0.3, -0.25) is 9.89 Å². The number of carbonyl (C=O) groups is 1. The molecule has 1 heterocycles. The van der Waals surface area contributed by atoms with Gasteiger partial charge in [-0.15, -0.1) is 0 Å². The van der Waals surface area contributed by atoms with E-state index in [9.17, 15) is 9.90 Å². The third kappa shape index (κ3) is 2.62. The fourth-order valence-electron chi connectivity index (χ4n) is 1.54. The molecule has 2 rings (SSSR count). The molecule has 1 aromatic carbocycles. The molecule has 5 nitrogen and oxygen atoms in total. The van der Waals surface area contributed by atoms with Crippen LogP contribution in [0.2, 0.25) is 5.02 Å². The first kappa shape index (κ1) is 12.4. The summed E-state index contributed by atoms with van der Waals surface area (Å²) in [4.78, 5) is 12.0. The average molecular weight is 266 g/mol. The van der Waals surface area contributed by atoms with E-state index >= 15 is 0 Å². The summed E-state index contributed by atoms with van der Waals surface area (Å²) in [6.45, 7) is 1.83. The molecule has 1 unspecified atom stereocenters. The SMILES string of the molecule is CC(NC(=O)c1cc(O)ccc1Cl)c1cn[nH]c1. The Hall–Kier alpha value is -2.01. The van der Waals surface area contributed by atoms with Gasteiger partial charge in [-0.05, 0) is 25.1 Å². The number of phenols is 1. The molecule has 3 N–H and O–H groups in total. The van der Waals surface area contributed by atoms with E-state index in [-0.39, 0.29) is 23.3 Å². The monoisotopic (exact) mass is 265 g/mol. The van der Waals surface area contributed by atoms with Gasteiger partial charge in [0.1, 0.15) is 5.75 Å². The second kappa shape index (κ2) is 5.10. The summed E-state index contributed by atoms with van der Waals surface area (Å²) in [6, 6.07) is 4.04. The number of aromatic amines is 1. The summed E-state index contributed by atoms with van der Waals surface area (Å²) in [7, 11) is 0. The van der Waals surface area contributed by atoms with Gasteiger partial charge in [0.25, 0.3) is 5.91 Å². The molecule has 1 aromatic heterocycles. The van der Waals surface area contributed by atoms with E-state index < -0.39 is 0 Å². The van der Waals surface area contributed by atoms with Crippen LogP contribution in [0.4, 0.5) is 0 Å². The van der Waals surface area contributed by atoms with Crippen LogP contribution in [-0.4, -0.2) is 21.2 Å². The van der Waals surface area contributed by atoms with Gasteiger partial charge in [-0.25, -0.2) is 0 Å². The molecule has 0 radical (unpaired) electrons. The third-order valence-corrected chi connectivity index (χ3v) is 2.89. The first-order valence-corrected chi connectivity index (χ1v) is 5.74. The molecule has 0 fully saturated rings. The maximum Gasteiger partial charge on any atom is 0.253 e. The number of carbonyl (C=O) groups excluding carboxylic acids is 1. The first-order valence-electron chi connectivity index (χ1n) is 5.36. The predicted octanol–water partition coefficient (Wildman–Crippen LogP) is 2.26. The number of benzene rings is 1. The van der Waals surface area contributed by atoms with Gasteiger partial charge in [0.2, 0.25) is 0 Å². The van der Waals surface area contributed by atoms with Crippen molar-refractivity contribution in [3.8, 4) is 5.75 Å². The van der Waals surface area contributed by atoms with Crippen LogP contribution in [0.1, 0.15) is 28.9 Å². The Kier molecular flexibility index (Phi) is 3.53. The second-order valence-electron chi connectivity index (χ2n) is 3.89. The van der Waals surface area contributed by atoms with Crippen LogP contribution >= 0.6 is 11.6 Å². The minimum atomic E-state index is -0.343. The molecule has 18 heavy (non-hydrogen) atoms. The fourth-order valence-corrected chi connectivity index (χ4v) is 1.75. The molecule has 0 aliphatic carbocycles. The van der Waals surface area contributed by atoms with Crippen molar-refractivity contribution in [2.45, 2.75) is 13.0 Å². The van der Waals surface area contributed by atoms with Gasteiger partial charge >= 0.3 is 0 Å². The number of nitrogens with one attached hydrogen (secondary N) is 2. The van der Waals surface area contributed by atoms with Crippen LogP contribution < -0.4 is 5.32 Å². The normalized spacial score (nSPS) is 12.1. The molecule has 2 aromatic rings. The Morgan fingerprint density at radius 1 is 1.56 bits per heavy atom. The molecular weight excluding hydrogens is 254 g/mol. The van der Waals surface area contributed by atoms with Crippen LogP contribution in [-0.2, 0) is 0 Å². The molecule has 0 bridgehead atoms. The maximum absolute atomic E-state index is 12.0. The minimum absolute atomic E-state index is 0.000476. The number of H-pyrrole nitrogens is 1. The second-order valence-corrected chi connectivity index (χ2v) is 4.30. The Morgan fingerprint density at radius 3 is 3.00 bits per heavy atom. The molecule has 6 heteroatoms. The Labute approximate surface area is 109 Å². The Bertz CT molecular complexity index is 554. The van der Waals surface area contributed by atoms with E-state index in [1.807, 2.05) is 6.92 Å². The van der Waals surface area contributed by atoms with Crippen molar-refractivity contribution in [2.75, 3.05) is 0 Å². The largest absolute Gasteiger partial charge is 0.508 e. The molecule has 0 saturated heterocycles. The van der Waals surface area contributed by atoms with Crippen LogP contribution in [0.3, 0.4) is 0 Å². The van der Waals surface area contributed by atoms with Crippen molar-refractivity contribution in [3.63, 3.8) is 0 Å². The highest BCUT2D eigenvalue weighted by Crippen LogP contribution is 2.22. The van der Waals surface area contributed by atoms with Gasteiger partial charge in [0, 0.05) is 11.8 Å². The number of amides is 1. The molecular formula is C12H12ClN3O2. The number of phenolic OH excluding ortho intramolecular Hbond substituents is 1. The topological polar surface area (TPSA) is 78.0 Å². The molecule has 94 valence electrons. The molecule has 0 aliphatic heterocycles. The molecule has 0 aliphatic rings. The first-order chi connectivity index (χ1) is 8.58. The molecule has 1 atom stereocenters. The van der Waals surface area contributed by atoms with Gasteiger partial charge < -0.3 is 10.4 Å². The summed E-state index contributed by atoms with van der Waals surface area (Å²) < 4.78 is 0. The van der Waals surface area contributed by atoms with E-state index in [2.05, 4.69) is 15.5 Å². The van der Waals surface area contributed by atoms with Crippen LogP contribution in [0.5, 0.6) is 5.75 Å². The number of rotatable bonds is 3. The van der Waals surface area contributed by atoms with Gasteiger partial charge in [0.05, 0.1) is 22.8 Å². The Morgan fingerprint density at radius 2 is 2.33 bits per heavy atom. The van der Waals surface area contributed by atoms with Crippen molar-refractivity contribution >= 4 is 17.5 Å². The quantitative estimate of drug-likeness (QED) is 0.797. The average Bonchev–Trinajstić information content (AvgIpc) is 2.85. The van der Waals surface area contributed by atoms with Crippen molar-refractivity contribution in [2.24, 2.45) is 0 Å². The predicted molar refractivity (Wildman–Crippen MR) is 67.6 cm³/mol. The summed E-state index contributed by atoms with van der Waals surface area (Å²) in [5.74, 6) is -0.342. The van der Waals surface area contributed by atoms with Crippen LogP contribution in [0, 0.1) is 0 Å². The lowest BCUT2D eigenvalue weighted by molar-refractivity contribution is 0.0939. The van der Waals surface area contributed by atoms with Crippen LogP contribution in [0.25, 0.3) is 0 Å².